The van der Waals surface area contributed by atoms with Crippen molar-refractivity contribution in [3.05, 3.63) is 0 Å². The lowest BCUT2D eigenvalue weighted by atomic mass is 10.1. The van der Waals surface area contributed by atoms with Crippen LogP contribution in [-0.4, -0.2) is 39.3 Å². The predicted octanol–water partition coefficient (Wildman–Crippen LogP) is 0.775. The first-order valence-corrected chi connectivity index (χ1v) is 6.18. The molecule has 4 nitrogen and oxygen atoms in total. The minimum absolute atomic E-state index is 0.0932. The van der Waals surface area contributed by atoms with Gasteiger partial charge in [0.15, 0.2) is 0 Å². The molecule has 1 amide bonds. The van der Waals surface area contributed by atoms with Crippen molar-refractivity contribution in [3.8, 4) is 0 Å². The predicted molar refractivity (Wildman–Crippen MR) is 64.3 cm³/mol. The van der Waals surface area contributed by atoms with E-state index >= 15 is 0 Å². The Bertz CT molecular complexity index is 209. The fourth-order valence-electron chi connectivity index (χ4n) is 2.21. The zero-order chi connectivity index (χ0) is 11.8. The summed E-state index contributed by atoms with van der Waals surface area (Å²) in [4.78, 5) is 11.4. The van der Waals surface area contributed by atoms with Crippen LogP contribution >= 0.6 is 0 Å². The number of carbonyl (C=O) groups excluding carboxylic acids is 1. The van der Waals surface area contributed by atoms with E-state index in [1.807, 2.05) is 0 Å². The van der Waals surface area contributed by atoms with Crippen molar-refractivity contribution in [3.63, 3.8) is 0 Å². The van der Waals surface area contributed by atoms with Gasteiger partial charge in [-0.15, -0.1) is 0 Å². The van der Waals surface area contributed by atoms with Crippen molar-refractivity contribution < 1.29 is 9.53 Å². The molecule has 1 fully saturated rings. The Morgan fingerprint density at radius 2 is 2.25 bits per heavy atom. The van der Waals surface area contributed by atoms with Crippen LogP contribution in [0.25, 0.3) is 0 Å². The average Bonchev–Trinajstić information content (AvgIpc) is 2.68. The second kappa shape index (κ2) is 7.63. The van der Waals surface area contributed by atoms with Gasteiger partial charge in [-0.2, -0.15) is 0 Å². The van der Waals surface area contributed by atoms with Gasteiger partial charge in [0.25, 0.3) is 0 Å². The number of methoxy groups -OCH3 is 1. The zero-order valence-corrected chi connectivity index (χ0v) is 10.4. The summed E-state index contributed by atoms with van der Waals surface area (Å²) >= 11 is 0. The number of nitrogens with one attached hydrogen (secondary N) is 2. The molecule has 2 atom stereocenters. The molecule has 0 saturated heterocycles. The Balaban J connectivity index is 1.97. The molecule has 2 N–H and O–H groups in total. The lowest BCUT2D eigenvalue weighted by Gasteiger charge is -2.11. The van der Waals surface area contributed by atoms with Gasteiger partial charge in [0, 0.05) is 20.2 Å². The Morgan fingerprint density at radius 1 is 1.44 bits per heavy atom. The van der Waals surface area contributed by atoms with Crippen LogP contribution in [0.3, 0.4) is 0 Å². The lowest BCUT2D eigenvalue weighted by molar-refractivity contribution is -0.120. The minimum Gasteiger partial charge on any atom is -0.383 e. The molecule has 0 aromatic rings. The number of hydrogen-bond acceptors (Lipinski definition) is 3. The van der Waals surface area contributed by atoms with Gasteiger partial charge in [-0.3, -0.25) is 4.79 Å². The van der Waals surface area contributed by atoms with Crippen molar-refractivity contribution in [1.29, 1.82) is 0 Å². The summed E-state index contributed by atoms with van der Waals surface area (Å²) in [6.45, 7) is 4.90. The van der Waals surface area contributed by atoms with E-state index in [4.69, 9.17) is 4.74 Å². The van der Waals surface area contributed by atoms with E-state index in [1.54, 1.807) is 7.11 Å². The maximum Gasteiger partial charge on any atom is 0.233 e. The van der Waals surface area contributed by atoms with Crippen LogP contribution in [0, 0.1) is 11.8 Å². The van der Waals surface area contributed by atoms with Crippen LogP contribution in [0.5, 0.6) is 0 Å². The van der Waals surface area contributed by atoms with E-state index < -0.39 is 0 Å². The number of amides is 1. The Morgan fingerprint density at radius 3 is 2.88 bits per heavy atom. The summed E-state index contributed by atoms with van der Waals surface area (Å²) in [6.07, 6.45) is 3.84. The highest BCUT2D eigenvalue weighted by Crippen LogP contribution is 2.29. The molecule has 1 rings (SSSR count). The second-order valence-electron chi connectivity index (χ2n) is 4.76. The summed E-state index contributed by atoms with van der Waals surface area (Å²) in [6, 6.07) is 0. The SMILES string of the molecule is COCCNCC(=O)NCC1CCC(C)C1. The van der Waals surface area contributed by atoms with Crippen molar-refractivity contribution in [2.45, 2.75) is 26.2 Å². The first-order valence-electron chi connectivity index (χ1n) is 6.18. The van der Waals surface area contributed by atoms with Crippen molar-refractivity contribution in [1.82, 2.24) is 10.6 Å². The molecule has 1 aliphatic rings. The van der Waals surface area contributed by atoms with Crippen LogP contribution in [-0.2, 0) is 9.53 Å². The maximum absolute atomic E-state index is 11.4. The molecule has 0 aromatic carbocycles. The summed E-state index contributed by atoms with van der Waals surface area (Å²) in [5.74, 6) is 1.62. The maximum atomic E-state index is 11.4. The molecule has 0 radical (unpaired) electrons. The van der Waals surface area contributed by atoms with Crippen LogP contribution in [0.15, 0.2) is 0 Å². The van der Waals surface area contributed by atoms with Crippen LogP contribution in [0.2, 0.25) is 0 Å². The van der Waals surface area contributed by atoms with E-state index in [0.29, 0.717) is 19.1 Å². The highest BCUT2D eigenvalue weighted by atomic mass is 16.5. The molecule has 0 spiro atoms. The Kier molecular flexibility index (Phi) is 6.42. The standard InChI is InChI=1S/C12H24N2O2/c1-10-3-4-11(7-10)8-14-12(15)9-13-5-6-16-2/h10-11,13H,3-9H2,1-2H3,(H,14,15). The molecule has 0 bridgehead atoms. The number of rotatable bonds is 7. The molecule has 0 heterocycles. The Hall–Kier alpha value is -0.610. The molecule has 16 heavy (non-hydrogen) atoms. The van der Waals surface area contributed by atoms with Gasteiger partial charge in [-0.25, -0.2) is 0 Å². The normalized spacial score (nSPS) is 24.6. The van der Waals surface area contributed by atoms with Gasteiger partial charge < -0.3 is 15.4 Å². The fraction of sp³-hybridized carbons (Fsp3) is 0.917. The van der Waals surface area contributed by atoms with Crippen LogP contribution in [0.4, 0.5) is 0 Å². The third-order valence-electron chi connectivity index (χ3n) is 3.16. The summed E-state index contributed by atoms with van der Waals surface area (Å²) in [7, 11) is 1.66. The molecule has 94 valence electrons. The van der Waals surface area contributed by atoms with Crippen LogP contribution in [0.1, 0.15) is 26.2 Å². The monoisotopic (exact) mass is 228 g/mol. The highest BCUT2D eigenvalue weighted by Gasteiger charge is 2.21. The molecular formula is C12H24N2O2. The number of ether oxygens (including phenoxy) is 1. The quantitative estimate of drug-likeness (QED) is 0.633. The zero-order valence-electron chi connectivity index (χ0n) is 10.4. The summed E-state index contributed by atoms with van der Waals surface area (Å²) in [5, 5.41) is 6.01. The molecule has 2 unspecified atom stereocenters. The van der Waals surface area contributed by atoms with Gasteiger partial charge in [0.05, 0.1) is 13.2 Å². The minimum atomic E-state index is 0.0932. The third kappa shape index (κ3) is 5.47. The first-order chi connectivity index (χ1) is 7.72. The molecule has 1 aliphatic carbocycles. The van der Waals surface area contributed by atoms with Gasteiger partial charge in [-0.05, 0) is 24.7 Å². The van der Waals surface area contributed by atoms with Gasteiger partial charge >= 0.3 is 0 Å². The number of carbonyl (C=O) groups is 1. The fourth-order valence-corrected chi connectivity index (χ4v) is 2.21. The average molecular weight is 228 g/mol. The highest BCUT2D eigenvalue weighted by molar-refractivity contribution is 5.77. The molecule has 0 aliphatic heterocycles. The molecule has 4 heteroatoms. The van der Waals surface area contributed by atoms with E-state index in [1.165, 1.54) is 19.3 Å². The summed E-state index contributed by atoms with van der Waals surface area (Å²) in [5.41, 5.74) is 0. The van der Waals surface area contributed by atoms with Gasteiger partial charge in [0.2, 0.25) is 5.91 Å². The van der Waals surface area contributed by atoms with E-state index in [2.05, 4.69) is 17.6 Å². The molecule has 1 saturated carbocycles. The second-order valence-corrected chi connectivity index (χ2v) is 4.76. The van der Waals surface area contributed by atoms with Gasteiger partial charge in [-0.1, -0.05) is 13.3 Å². The van der Waals surface area contributed by atoms with E-state index in [0.717, 1.165) is 19.0 Å². The van der Waals surface area contributed by atoms with Crippen LogP contribution < -0.4 is 10.6 Å². The molecule has 0 aromatic heterocycles. The van der Waals surface area contributed by atoms with Crippen molar-refractivity contribution in [2.75, 3.05) is 33.4 Å². The van der Waals surface area contributed by atoms with Crippen molar-refractivity contribution in [2.24, 2.45) is 11.8 Å². The third-order valence-corrected chi connectivity index (χ3v) is 3.16. The summed E-state index contributed by atoms with van der Waals surface area (Å²) < 4.78 is 4.88. The first kappa shape index (κ1) is 13.5. The number of hydrogen-bond donors (Lipinski definition) is 2. The van der Waals surface area contributed by atoms with E-state index in [9.17, 15) is 4.79 Å². The smallest absolute Gasteiger partial charge is 0.233 e. The largest absolute Gasteiger partial charge is 0.383 e. The van der Waals surface area contributed by atoms with Gasteiger partial charge in [0.1, 0.15) is 0 Å². The Labute approximate surface area is 98.1 Å². The lowest BCUT2D eigenvalue weighted by Crippen LogP contribution is -2.37. The topological polar surface area (TPSA) is 50.4 Å². The molecular weight excluding hydrogens is 204 g/mol. The van der Waals surface area contributed by atoms with Crippen molar-refractivity contribution >= 4 is 5.91 Å². The van der Waals surface area contributed by atoms with E-state index in [-0.39, 0.29) is 5.91 Å².